The predicted molar refractivity (Wildman–Crippen MR) is 71.2 cm³/mol. The first-order chi connectivity index (χ1) is 8.99. The minimum atomic E-state index is -0.547. The molecule has 0 radical (unpaired) electrons. The van der Waals surface area contributed by atoms with Crippen molar-refractivity contribution in [3.05, 3.63) is 38.9 Å². The molecule has 1 heterocycles. The minimum Gasteiger partial charge on any atom is -0.337 e. The summed E-state index contributed by atoms with van der Waals surface area (Å²) in [4.78, 5) is 24.1. The third kappa shape index (κ3) is 3.02. The molecule has 1 aliphatic rings. The molecule has 1 aliphatic heterocycles. The van der Waals surface area contributed by atoms with E-state index >= 15 is 0 Å². The van der Waals surface area contributed by atoms with Gasteiger partial charge in [0.05, 0.1) is 15.5 Å². The van der Waals surface area contributed by atoms with E-state index in [2.05, 4.69) is 0 Å². The second-order valence-corrected chi connectivity index (χ2v) is 4.98. The van der Waals surface area contributed by atoms with Crippen LogP contribution in [0.1, 0.15) is 23.2 Å². The second-order valence-electron chi connectivity index (χ2n) is 4.57. The van der Waals surface area contributed by atoms with E-state index in [9.17, 15) is 14.9 Å². The Hall–Kier alpha value is -1.66. The average Bonchev–Trinajstić information content (AvgIpc) is 2.38. The van der Waals surface area contributed by atoms with Crippen LogP contribution in [0.2, 0.25) is 5.02 Å². The van der Waals surface area contributed by atoms with Crippen molar-refractivity contribution in [2.45, 2.75) is 18.9 Å². The molecule has 0 bridgehead atoms. The molecule has 102 valence electrons. The van der Waals surface area contributed by atoms with Gasteiger partial charge in [0.2, 0.25) is 0 Å². The largest absolute Gasteiger partial charge is 0.337 e. The lowest BCUT2D eigenvalue weighted by molar-refractivity contribution is -0.384. The van der Waals surface area contributed by atoms with E-state index in [1.807, 2.05) is 0 Å². The van der Waals surface area contributed by atoms with Gasteiger partial charge in [-0.1, -0.05) is 11.6 Å². The van der Waals surface area contributed by atoms with Gasteiger partial charge in [-0.25, -0.2) is 0 Å². The Morgan fingerprint density at radius 1 is 1.53 bits per heavy atom. The Balaban J connectivity index is 2.27. The van der Waals surface area contributed by atoms with Crippen LogP contribution in [0.5, 0.6) is 0 Å². The lowest BCUT2D eigenvalue weighted by Crippen LogP contribution is -2.45. The Kier molecular flexibility index (Phi) is 4.01. The molecule has 19 heavy (non-hydrogen) atoms. The number of carbonyl (C=O) groups excluding carboxylic acids is 1. The predicted octanol–water partition coefficient (Wildman–Crippen LogP) is 1.81. The second kappa shape index (κ2) is 5.54. The molecule has 6 nitrogen and oxygen atoms in total. The molecule has 2 N–H and O–H groups in total. The number of non-ortho nitro benzene ring substituents is 1. The van der Waals surface area contributed by atoms with Crippen LogP contribution in [-0.2, 0) is 0 Å². The highest BCUT2D eigenvalue weighted by Gasteiger charge is 2.25. The first kappa shape index (κ1) is 13.8. The summed E-state index contributed by atoms with van der Waals surface area (Å²) in [6, 6.07) is 3.82. The highest BCUT2D eigenvalue weighted by Crippen LogP contribution is 2.24. The molecule has 1 amide bonds. The van der Waals surface area contributed by atoms with Crippen LogP contribution in [0.15, 0.2) is 18.2 Å². The molecular weight excluding hydrogens is 270 g/mol. The first-order valence-electron chi connectivity index (χ1n) is 5.98. The third-order valence-electron chi connectivity index (χ3n) is 3.14. The summed E-state index contributed by atoms with van der Waals surface area (Å²) in [6.45, 7) is 1.06. The number of likely N-dealkylation sites (tertiary alicyclic amines) is 1. The van der Waals surface area contributed by atoms with Crippen LogP contribution in [0.25, 0.3) is 0 Å². The lowest BCUT2D eigenvalue weighted by Gasteiger charge is -2.31. The van der Waals surface area contributed by atoms with Crippen molar-refractivity contribution in [3.8, 4) is 0 Å². The molecule has 7 heteroatoms. The molecule has 0 aromatic heterocycles. The Morgan fingerprint density at radius 2 is 2.26 bits per heavy atom. The van der Waals surface area contributed by atoms with E-state index in [0.29, 0.717) is 13.1 Å². The number of piperidine rings is 1. The van der Waals surface area contributed by atoms with Gasteiger partial charge in [0, 0.05) is 31.3 Å². The monoisotopic (exact) mass is 283 g/mol. The van der Waals surface area contributed by atoms with Gasteiger partial charge in [0.1, 0.15) is 0 Å². The third-order valence-corrected chi connectivity index (χ3v) is 3.47. The molecule has 1 unspecified atom stereocenters. The fraction of sp³-hybridized carbons (Fsp3) is 0.417. The highest BCUT2D eigenvalue weighted by molar-refractivity contribution is 6.33. The van der Waals surface area contributed by atoms with Crippen molar-refractivity contribution in [1.82, 2.24) is 4.90 Å². The number of rotatable bonds is 2. The van der Waals surface area contributed by atoms with Crippen molar-refractivity contribution in [2.24, 2.45) is 5.73 Å². The van der Waals surface area contributed by atoms with Gasteiger partial charge in [0.15, 0.2) is 0 Å². The molecule has 1 atom stereocenters. The van der Waals surface area contributed by atoms with Gasteiger partial charge < -0.3 is 10.6 Å². The SMILES string of the molecule is NC1CCCN(C(=O)c2cc([N+](=O)[O-])ccc2Cl)C1. The Bertz CT molecular complexity index is 521. The molecule has 1 fully saturated rings. The number of amides is 1. The quantitative estimate of drug-likeness (QED) is 0.662. The number of hydrogen-bond acceptors (Lipinski definition) is 4. The van der Waals surface area contributed by atoms with Crippen molar-refractivity contribution in [3.63, 3.8) is 0 Å². The van der Waals surface area contributed by atoms with E-state index < -0.39 is 4.92 Å². The summed E-state index contributed by atoms with van der Waals surface area (Å²) < 4.78 is 0. The van der Waals surface area contributed by atoms with Crippen LogP contribution in [0, 0.1) is 10.1 Å². The number of nitro benzene ring substituents is 1. The number of nitro groups is 1. The van der Waals surface area contributed by atoms with Crippen molar-refractivity contribution in [1.29, 1.82) is 0 Å². The molecule has 2 rings (SSSR count). The summed E-state index contributed by atoms with van der Waals surface area (Å²) in [5.74, 6) is -0.302. The van der Waals surface area contributed by atoms with Gasteiger partial charge in [-0.2, -0.15) is 0 Å². The maximum Gasteiger partial charge on any atom is 0.270 e. The Morgan fingerprint density at radius 3 is 2.89 bits per heavy atom. The van der Waals surface area contributed by atoms with Gasteiger partial charge in [-0.05, 0) is 18.9 Å². The smallest absolute Gasteiger partial charge is 0.270 e. The van der Waals surface area contributed by atoms with E-state index in [1.165, 1.54) is 18.2 Å². The topological polar surface area (TPSA) is 89.5 Å². The maximum atomic E-state index is 12.3. The van der Waals surface area contributed by atoms with E-state index in [1.54, 1.807) is 4.90 Å². The molecular formula is C12H14ClN3O3. The van der Waals surface area contributed by atoms with Crippen LogP contribution in [0.4, 0.5) is 5.69 Å². The minimum absolute atomic E-state index is 0.0461. The summed E-state index contributed by atoms with van der Waals surface area (Å²) in [5.41, 5.74) is 5.84. The van der Waals surface area contributed by atoms with Crippen molar-refractivity contribution in [2.75, 3.05) is 13.1 Å². The summed E-state index contributed by atoms with van der Waals surface area (Å²) in [7, 11) is 0. The zero-order chi connectivity index (χ0) is 14.0. The average molecular weight is 284 g/mol. The summed E-state index contributed by atoms with van der Waals surface area (Å²) >= 11 is 5.95. The number of halogens is 1. The number of nitrogens with two attached hydrogens (primary N) is 1. The molecule has 0 aliphatic carbocycles. The lowest BCUT2D eigenvalue weighted by atomic mass is 10.1. The summed E-state index contributed by atoms with van der Waals surface area (Å²) in [6.07, 6.45) is 1.71. The van der Waals surface area contributed by atoms with Crippen molar-refractivity contribution >= 4 is 23.2 Å². The van der Waals surface area contributed by atoms with Gasteiger partial charge >= 0.3 is 0 Å². The van der Waals surface area contributed by atoms with E-state index in [0.717, 1.165) is 12.8 Å². The number of hydrogen-bond donors (Lipinski definition) is 1. The molecule has 1 aromatic rings. The number of carbonyl (C=O) groups is 1. The maximum absolute atomic E-state index is 12.3. The molecule has 1 aromatic carbocycles. The fourth-order valence-corrected chi connectivity index (χ4v) is 2.35. The molecule has 0 spiro atoms. The standard InChI is InChI=1S/C12H14ClN3O3/c13-11-4-3-9(16(18)19)6-10(11)12(17)15-5-1-2-8(14)7-15/h3-4,6,8H,1-2,5,7,14H2. The van der Waals surface area contributed by atoms with Crippen LogP contribution in [0.3, 0.4) is 0 Å². The molecule has 1 saturated heterocycles. The number of nitrogens with zero attached hydrogens (tertiary/aromatic N) is 2. The van der Waals surface area contributed by atoms with Crippen LogP contribution >= 0.6 is 11.6 Å². The highest BCUT2D eigenvalue weighted by atomic mass is 35.5. The normalized spacial score (nSPS) is 19.3. The zero-order valence-electron chi connectivity index (χ0n) is 10.2. The van der Waals surface area contributed by atoms with Crippen LogP contribution in [-0.4, -0.2) is 34.9 Å². The van der Waals surface area contributed by atoms with Crippen molar-refractivity contribution < 1.29 is 9.72 Å². The van der Waals surface area contributed by atoms with Crippen LogP contribution < -0.4 is 5.73 Å². The van der Waals surface area contributed by atoms with E-state index in [-0.39, 0.29) is 28.2 Å². The van der Waals surface area contributed by atoms with Gasteiger partial charge in [-0.3, -0.25) is 14.9 Å². The Labute approximate surface area is 115 Å². The summed E-state index contributed by atoms with van der Waals surface area (Å²) in [5, 5.41) is 11.0. The van der Waals surface area contributed by atoms with Gasteiger partial charge in [-0.15, -0.1) is 0 Å². The van der Waals surface area contributed by atoms with E-state index in [4.69, 9.17) is 17.3 Å². The first-order valence-corrected chi connectivity index (χ1v) is 6.35. The zero-order valence-corrected chi connectivity index (χ0v) is 11.0. The fourth-order valence-electron chi connectivity index (χ4n) is 2.16. The number of benzene rings is 1. The molecule has 0 saturated carbocycles. The van der Waals surface area contributed by atoms with Gasteiger partial charge in [0.25, 0.3) is 11.6 Å².